The normalized spacial score (nSPS) is 46.6. The minimum atomic E-state index is -1.71. The van der Waals surface area contributed by atoms with Crippen molar-refractivity contribution in [1.82, 2.24) is 0 Å². The van der Waals surface area contributed by atoms with E-state index in [1.807, 2.05) is 0 Å². The molecule has 8 unspecified atom stereocenters. The lowest BCUT2D eigenvalue weighted by atomic mass is 9.57. The Kier molecular flexibility index (Phi) is 6.74. The predicted octanol–water partition coefficient (Wildman–Crippen LogP) is -1.38. The quantitative estimate of drug-likeness (QED) is 0.304. The van der Waals surface area contributed by atoms with Gasteiger partial charge >= 0.3 is 0 Å². The van der Waals surface area contributed by atoms with E-state index < -0.39 is 60.0 Å². The minimum Gasteiger partial charge on any atom is -0.394 e. The number of ketones is 1. The SMILES string of the molecule is CC(=O)/C=C/C1(O)C(C)(C)CC(OC2OC(CO)C(O)C(O)C2O)CC1(C)O. The largest absolute Gasteiger partial charge is 0.394 e. The molecule has 162 valence electrons. The van der Waals surface area contributed by atoms with Crippen molar-refractivity contribution in [3.05, 3.63) is 12.2 Å². The van der Waals surface area contributed by atoms with Crippen molar-refractivity contribution in [2.75, 3.05) is 6.61 Å². The Morgan fingerprint density at radius 1 is 1.11 bits per heavy atom. The summed E-state index contributed by atoms with van der Waals surface area (Å²) in [5.74, 6) is -0.264. The average molecular weight is 404 g/mol. The summed E-state index contributed by atoms with van der Waals surface area (Å²) >= 11 is 0. The van der Waals surface area contributed by atoms with E-state index in [0.717, 1.165) is 0 Å². The Morgan fingerprint density at radius 3 is 2.21 bits per heavy atom. The van der Waals surface area contributed by atoms with E-state index in [-0.39, 0.29) is 18.6 Å². The van der Waals surface area contributed by atoms with E-state index in [1.165, 1.54) is 26.0 Å². The topological polar surface area (TPSA) is 157 Å². The highest BCUT2D eigenvalue weighted by atomic mass is 16.7. The van der Waals surface area contributed by atoms with Crippen molar-refractivity contribution < 1.29 is 44.9 Å². The molecular formula is C19H32O9. The van der Waals surface area contributed by atoms with E-state index >= 15 is 0 Å². The summed E-state index contributed by atoms with van der Waals surface area (Å²) in [6.45, 7) is 5.63. The fourth-order valence-corrected chi connectivity index (χ4v) is 4.23. The molecule has 9 heteroatoms. The molecule has 0 amide bonds. The van der Waals surface area contributed by atoms with Gasteiger partial charge in [0.15, 0.2) is 12.1 Å². The third-order valence-electron chi connectivity index (χ3n) is 5.95. The summed E-state index contributed by atoms with van der Waals surface area (Å²) in [7, 11) is 0. The van der Waals surface area contributed by atoms with Gasteiger partial charge in [-0.05, 0) is 32.4 Å². The van der Waals surface area contributed by atoms with Gasteiger partial charge in [0.05, 0.1) is 18.3 Å². The molecule has 0 bridgehead atoms. The molecule has 1 aliphatic carbocycles. The van der Waals surface area contributed by atoms with Crippen molar-refractivity contribution >= 4 is 5.78 Å². The Balaban J connectivity index is 2.21. The van der Waals surface area contributed by atoms with Gasteiger partial charge in [0.25, 0.3) is 0 Å². The van der Waals surface area contributed by atoms with Crippen LogP contribution in [0.5, 0.6) is 0 Å². The van der Waals surface area contributed by atoms with Crippen LogP contribution in [0.4, 0.5) is 0 Å². The molecule has 1 heterocycles. The molecule has 9 nitrogen and oxygen atoms in total. The Bertz CT molecular complexity index is 580. The number of carbonyl (C=O) groups excluding carboxylic acids is 1. The van der Waals surface area contributed by atoms with Gasteiger partial charge in [-0.15, -0.1) is 0 Å². The molecule has 1 saturated carbocycles. The first-order valence-electron chi connectivity index (χ1n) is 9.36. The van der Waals surface area contributed by atoms with Crippen LogP contribution in [0.15, 0.2) is 12.2 Å². The van der Waals surface area contributed by atoms with Crippen molar-refractivity contribution in [1.29, 1.82) is 0 Å². The Labute approximate surface area is 164 Å². The lowest BCUT2D eigenvalue weighted by Gasteiger charge is -2.56. The van der Waals surface area contributed by atoms with Crippen LogP contribution in [0.1, 0.15) is 40.5 Å². The second-order valence-electron chi connectivity index (χ2n) is 8.73. The van der Waals surface area contributed by atoms with E-state index in [4.69, 9.17) is 9.47 Å². The van der Waals surface area contributed by atoms with Gasteiger partial charge in [-0.25, -0.2) is 0 Å². The number of rotatable bonds is 5. The van der Waals surface area contributed by atoms with Crippen molar-refractivity contribution in [3.63, 3.8) is 0 Å². The summed E-state index contributed by atoms with van der Waals surface area (Å²) in [5.41, 5.74) is -4.29. The molecular weight excluding hydrogens is 372 g/mol. The first kappa shape index (κ1) is 23.4. The van der Waals surface area contributed by atoms with Gasteiger partial charge in [-0.3, -0.25) is 4.79 Å². The molecule has 0 aromatic rings. The number of allylic oxidation sites excluding steroid dienone is 1. The van der Waals surface area contributed by atoms with E-state index in [0.29, 0.717) is 0 Å². The van der Waals surface area contributed by atoms with Crippen molar-refractivity contribution in [3.8, 4) is 0 Å². The zero-order chi connectivity index (χ0) is 21.5. The molecule has 28 heavy (non-hydrogen) atoms. The van der Waals surface area contributed by atoms with Crippen LogP contribution in [0.3, 0.4) is 0 Å². The van der Waals surface area contributed by atoms with E-state index in [1.54, 1.807) is 13.8 Å². The smallest absolute Gasteiger partial charge is 0.186 e. The highest BCUT2D eigenvalue weighted by Crippen LogP contribution is 2.51. The molecule has 2 rings (SSSR count). The van der Waals surface area contributed by atoms with Crippen molar-refractivity contribution in [2.24, 2.45) is 5.41 Å². The monoisotopic (exact) mass is 404 g/mol. The third kappa shape index (κ3) is 4.17. The molecule has 0 radical (unpaired) electrons. The predicted molar refractivity (Wildman–Crippen MR) is 97.0 cm³/mol. The van der Waals surface area contributed by atoms with Crippen molar-refractivity contribution in [2.45, 2.75) is 88.5 Å². The van der Waals surface area contributed by atoms with Crippen LogP contribution in [0, 0.1) is 5.41 Å². The van der Waals surface area contributed by atoms with Crippen LogP contribution in [-0.4, -0.2) is 91.0 Å². The lowest BCUT2D eigenvalue weighted by Crippen LogP contribution is -2.66. The summed E-state index contributed by atoms with van der Waals surface area (Å²) in [4.78, 5) is 11.3. The summed E-state index contributed by atoms with van der Waals surface area (Å²) in [5, 5.41) is 61.4. The molecule has 0 aromatic carbocycles. The molecule has 8 atom stereocenters. The number of hydrogen-bond acceptors (Lipinski definition) is 9. The summed E-state index contributed by atoms with van der Waals surface area (Å²) in [6.07, 6.45) is -4.98. The standard InChI is InChI=1S/C19H32O9/c1-10(21)5-6-19(26)17(2,3)7-11(8-18(19,4)25)27-16-15(24)14(23)13(22)12(9-20)28-16/h5-6,11-16,20,22-26H,7-9H2,1-4H3/b6-5+. The number of carbonyl (C=O) groups is 1. The van der Waals surface area contributed by atoms with Crippen LogP contribution in [0.25, 0.3) is 0 Å². The van der Waals surface area contributed by atoms with E-state index in [9.17, 15) is 35.4 Å². The van der Waals surface area contributed by atoms with Gasteiger partial charge in [0, 0.05) is 11.8 Å². The molecule has 1 saturated heterocycles. The van der Waals surface area contributed by atoms with Gasteiger partial charge in [-0.2, -0.15) is 0 Å². The zero-order valence-electron chi connectivity index (χ0n) is 16.6. The van der Waals surface area contributed by atoms with Gasteiger partial charge in [0.2, 0.25) is 0 Å². The second-order valence-corrected chi connectivity index (χ2v) is 8.73. The first-order valence-corrected chi connectivity index (χ1v) is 9.36. The zero-order valence-corrected chi connectivity index (χ0v) is 16.6. The Hall–Kier alpha value is -0.910. The number of hydrogen-bond donors (Lipinski definition) is 6. The molecule has 0 aromatic heterocycles. The van der Waals surface area contributed by atoms with E-state index in [2.05, 4.69) is 0 Å². The van der Waals surface area contributed by atoms with Crippen LogP contribution >= 0.6 is 0 Å². The maximum atomic E-state index is 11.3. The van der Waals surface area contributed by atoms with Crippen LogP contribution < -0.4 is 0 Å². The summed E-state index contributed by atoms with van der Waals surface area (Å²) < 4.78 is 11.1. The highest BCUT2D eigenvalue weighted by Gasteiger charge is 2.59. The Morgan fingerprint density at radius 2 is 1.71 bits per heavy atom. The molecule has 6 N–H and O–H groups in total. The third-order valence-corrected chi connectivity index (χ3v) is 5.95. The fourth-order valence-electron chi connectivity index (χ4n) is 4.23. The van der Waals surface area contributed by atoms with Crippen LogP contribution in [-0.2, 0) is 14.3 Å². The highest BCUT2D eigenvalue weighted by molar-refractivity contribution is 5.87. The van der Waals surface area contributed by atoms with Gasteiger partial charge in [-0.1, -0.05) is 13.8 Å². The maximum absolute atomic E-state index is 11.3. The molecule has 1 aliphatic heterocycles. The van der Waals surface area contributed by atoms with Gasteiger partial charge < -0.3 is 40.1 Å². The number of ether oxygens (including phenoxy) is 2. The minimum absolute atomic E-state index is 0.0375. The number of aliphatic hydroxyl groups excluding tert-OH is 4. The number of aliphatic hydroxyl groups is 6. The summed E-state index contributed by atoms with van der Waals surface area (Å²) in [6, 6.07) is 0. The average Bonchev–Trinajstić information content (AvgIpc) is 2.57. The molecule has 2 fully saturated rings. The first-order chi connectivity index (χ1) is 12.8. The molecule has 0 spiro atoms. The van der Waals surface area contributed by atoms with Crippen LogP contribution in [0.2, 0.25) is 0 Å². The second kappa shape index (κ2) is 8.08. The lowest BCUT2D eigenvalue weighted by molar-refractivity contribution is -0.326. The maximum Gasteiger partial charge on any atom is 0.186 e. The molecule has 2 aliphatic rings. The van der Waals surface area contributed by atoms with Gasteiger partial charge in [0.1, 0.15) is 30.0 Å². The fraction of sp³-hybridized carbons (Fsp3) is 0.842.